The van der Waals surface area contributed by atoms with Gasteiger partial charge in [-0.1, -0.05) is 11.6 Å². The Balaban J connectivity index is 2.94. The largest absolute Gasteiger partial charge is 0.370 e. The highest BCUT2D eigenvalue weighted by Gasteiger charge is 2.15. The van der Waals surface area contributed by atoms with Gasteiger partial charge in [0.25, 0.3) is 5.91 Å². The predicted octanol–water partition coefficient (Wildman–Crippen LogP) is 2.54. The third kappa shape index (κ3) is 4.42. The molecule has 0 bridgehead atoms. The molecule has 1 amide bonds. The topological polar surface area (TPSA) is 69.0 Å². The van der Waals surface area contributed by atoms with Crippen molar-refractivity contribution in [3.63, 3.8) is 0 Å². The zero-order chi connectivity index (χ0) is 14.3. The van der Waals surface area contributed by atoms with Gasteiger partial charge in [0.05, 0.1) is 12.5 Å². The maximum atomic E-state index is 12.3. The van der Waals surface area contributed by atoms with Crippen molar-refractivity contribution >= 4 is 23.3 Å². The third-order valence-electron chi connectivity index (χ3n) is 2.56. The molecule has 0 aliphatic carbocycles. The van der Waals surface area contributed by atoms with Crippen LogP contribution >= 0.6 is 11.6 Å². The molecule has 0 aliphatic rings. The van der Waals surface area contributed by atoms with Crippen molar-refractivity contribution in [1.82, 2.24) is 9.88 Å². The Labute approximate surface area is 118 Å². The fourth-order valence-electron chi connectivity index (χ4n) is 1.66. The SMILES string of the molecule is CCNc1cc(C(=O)N(CC)CCC#N)cc(Cl)n1. The van der Waals surface area contributed by atoms with Crippen LogP contribution in [0.15, 0.2) is 12.1 Å². The minimum absolute atomic E-state index is 0.138. The highest BCUT2D eigenvalue weighted by Crippen LogP contribution is 2.16. The van der Waals surface area contributed by atoms with Crippen LogP contribution in [-0.2, 0) is 0 Å². The average molecular weight is 281 g/mol. The normalized spacial score (nSPS) is 9.79. The van der Waals surface area contributed by atoms with Crippen molar-refractivity contribution < 1.29 is 4.79 Å². The van der Waals surface area contributed by atoms with Gasteiger partial charge in [-0.15, -0.1) is 0 Å². The number of halogens is 1. The van der Waals surface area contributed by atoms with Gasteiger partial charge in [-0.2, -0.15) is 5.26 Å². The molecule has 0 aromatic carbocycles. The number of hydrogen-bond acceptors (Lipinski definition) is 4. The summed E-state index contributed by atoms with van der Waals surface area (Å²) in [6, 6.07) is 5.25. The molecule has 1 aromatic rings. The second-order valence-corrected chi connectivity index (χ2v) is 4.27. The van der Waals surface area contributed by atoms with E-state index in [0.29, 0.717) is 37.4 Å². The maximum Gasteiger partial charge on any atom is 0.254 e. The van der Waals surface area contributed by atoms with Crippen LogP contribution in [0.4, 0.5) is 5.82 Å². The maximum absolute atomic E-state index is 12.3. The second kappa shape index (κ2) is 7.59. The van der Waals surface area contributed by atoms with Crippen molar-refractivity contribution in [1.29, 1.82) is 5.26 Å². The number of nitrogens with zero attached hydrogens (tertiary/aromatic N) is 3. The van der Waals surface area contributed by atoms with Gasteiger partial charge in [-0.05, 0) is 26.0 Å². The summed E-state index contributed by atoms with van der Waals surface area (Å²) in [6.45, 7) is 5.49. The summed E-state index contributed by atoms with van der Waals surface area (Å²) >= 11 is 5.91. The van der Waals surface area contributed by atoms with E-state index >= 15 is 0 Å². The van der Waals surface area contributed by atoms with Crippen LogP contribution in [0, 0.1) is 11.3 Å². The number of anilines is 1. The number of hydrogen-bond donors (Lipinski definition) is 1. The van der Waals surface area contributed by atoms with Crippen LogP contribution < -0.4 is 5.32 Å². The summed E-state index contributed by atoms with van der Waals surface area (Å²) in [5, 5.41) is 11.9. The Kier molecular flexibility index (Phi) is 6.10. The van der Waals surface area contributed by atoms with E-state index in [2.05, 4.69) is 10.3 Å². The quantitative estimate of drug-likeness (QED) is 0.813. The molecule has 0 radical (unpaired) electrons. The molecule has 0 spiro atoms. The Bertz CT molecular complexity index is 484. The summed E-state index contributed by atoms with van der Waals surface area (Å²) in [6.07, 6.45) is 0.318. The standard InChI is InChI=1S/C13H17ClN4O/c1-3-16-12-9-10(8-11(14)17-12)13(19)18(4-2)7-5-6-15/h8-9H,3-5,7H2,1-2H3,(H,16,17). The zero-order valence-corrected chi connectivity index (χ0v) is 11.9. The molecule has 1 rings (SSSR count). The lowest BCUT2D eigenvalue weighted by molar-refractivity contribution is 0.0767. The molecule has 0 saturated heterocycles. The number of pyridine rings is 1. The lowest BCUT2D eigenvalue weighted by atomic mass is 10.2. The van der Waals surface area contributed by atoms with Crippen molar-refractivity contribution in [2.45, 2.75) is 20.3 Å². The van der Waals surface area contributed by atoms with E-state index in [1.165, 1.54) is 0 Å². The number of amides is 1. The molecular formula is C13H17ClN4O. The highest BCUT2D eigenvalue weighted by molar-refractivity contribution is 6.29. The fourth-order valence-corrected chi connectivity index (χ4v) is 1.87. The van der Waals surface area contributed by atoms with E-state index in [1.807, 2.05) is 19.9 Å². The van der Waals surface area contributed by atoms with Crippen molar-refractivity contribution in [2.24, 2.45) is 0 Å². The fraction of sp³-hybridized carbons (Fsp3) is 0.462. The van der Waals surface area contributed by atoms with Crippen LogP contribution in [0.3, 0.4) is 0 Å². The number of carbonyl (C=O) groups is 1. The molecule has 0 unspecified atom stereocenters. The lowest BCUT2D eigenvalue weighted by Crippen LogP contribution is -2.31. The Morgan fingerprint density at radius 2 is 2.26 bits per heavy atom. The summed E-state index contributed by atoms with van der Waals surface area (Å²) in [5.74, 6) is 0.441. The number of rotatable bonds is 6. The molecule has 102 valence electrons. The number of carbonyl (C=O) groups excluding carboxylic acids is 1. The van der Waals surface area contributed by atoms with E-state index in [0.717, 1.165) is 0 Å². The van der Waals surface area contributed by atoms with Crippen LogP contribution in [-0.4, -0.2) is 35.4 Å². The van der Waals surface area contributed by atoms with Gasteiger partial charge in [0.15, 0.2) is 0 Å². The predicted molar refractivity (Wildman–Crippen MR) is 75.2 cm³/mol. The van der Waals surface area contributed by atoms with Gasteiger partial charge in [0, 0.05) is 25.2 Å². The monoisotopic (exact) mass is 280 g/mol. The summed E-state index contributed by atoms with van der Waals surface area (Å²) < 4.78 is 0. The second-order valence-electron chi connectivity index (χ2n) is 3.89. The first-order chi connectivity index (χ1) is 9.12. The van der Waals surface area contributed by atoms with Crippen LogP contribution in [0.25, 0.3) is 0 Å². The molecule has 6 heteroatoms. The molecule has 5 nitrogen and oxygen atoms in total. The van der Waals surface area contributed by atoms with Gasteiger partial charge in [-0.3, -0.25) is 4.79 Å². The van der Waals surface area contributed by atoms with Crippen LogP contribution in [0.2, 0.25) is 5.15 Å². The number of nitriles is 1. The van der Waals surface area contributed by atoms with Crippen molar-refractivity contribution in [3.05, 3.63) is 22.8 Å². The summed E-state index contributed by atoms with van der Waals surface area (Å²) in [7, 11) is 0. The minimum Gasteiger partial charge on any atom is -0.370 e. The molecule has 1 N–H and O–H groups in total. The van der Waals surface area contributed by atoms with E-state index < -0.39 is 0 Å². The van der Waals surface area contributed by atoms with E-state index in [-0.39, 0.29) is 11.1 Å². The van der Waals surface area contributed by atoms with Crippen LogP contribution in [0.1, 0.15) is 30.6 Å². The number of nitrogens with one attached hydrogen (secondary N) is 1. The molecule has 0 saturated carbocycles. The minimum atomic E-state index is -0.138. The average Bonchev–Trinajstić information content (AvgIpc) is 2.39. The first-order valence-corrected chi connectivity index (χ1v) is 6.57. The zero-order valence-electron chi connectivity index (χ0n) is 11.1. The first-order valence-electron chi connectivity index (χ1n) is 6.20. The molecule has 1 aromatic heterocycles. The molecule has 0 atom stereocenters. The van der Waals surface area contributed by atoms with Gasteiger partial charge < -0.3 is 10.2 Å². The van der Waals surface area contributed by atoms with Gasteiger partial charge >= 0.3 is 0 Å². The molecule has 0 aliphatic heterocycles. The summed E-state index contributed by atoms with van der Waals surface area (Å²) in [4.78, 5) is 18.0. The number of aromatic nitrogens is 1. The van der Waals surface area contributed by atoms with Crippen molar-refractivity contribution in [3.8, 4) is 6.07 Å². The highest BCUT2D eigenvalue weighted by atomic mass is 35.5. The lowest BCUT2D eigenvalue weighted by Gasteiger charge is -2.19. The Morgan fingerprint density at radius 3 is 2.84 bits per heavy atom. The van der Waals surface area contributed by atoms with Gasteiger partial charge in [-0.25, -0.2) is 4.98 Å². The first kappa shape index (κ1) is 15.3. The van der Waals surface area contributed by atoms with Gasteiger partial charge in [0.1, 0.15) is 11.0 Å². The van der Waals surface area contributed by atoms with E-state index in [9.17, 15) is 4.79 Å². The summed E-state index contributed by atoms with van der Waals surface area (Å²) in [5.41, 5.74) is 0.482. The molecule has 19 heavy (non-hydrogen) atoms. The molecule has 0 fully saturated rings. The third-order valence-corrected chi connectivity index (χ3v) is 2.76. The Morgan fingerprint density at radius 1 is 1.53 bits per heavy atom. The molecule has 1 heterocycles. The van der Waals surface area contributed by atoms with E-state index in [4.69, 9.17) is 16.9 Å². The van der Waals surface area contributed by atoms with Crippen LogP contribution in [0.5, 0.6) is 0 Å². The smallest absolute Gasteiger partial charge is 0.254 e. The Hall–Kier alpha value is -1.80. The van der Waals surface area contributed by atoms with E-state index in [1.54, 1.807) is 17.0 Å². The van der Waals surface area contributed by atoms with Crippen molar-refractivity contribution in [2.75, 3.05) is 25.0 Å². The molecular weight excluding hydrogens is 264 g/mol. The van der Waals surface area contributed by atoms with Gasteiger partial charge in [0.2, 0.25) is 0 Å².